The molecule has 1 saturated heterocycles. The van der Waals surface area contributed by atoms with Crippen LogP contribution in [0.1, 0.15) is 10.4 Å². The van der Waals surface area contributed by atoms with Crippen LogP contribution in [-0.2, 0) is 4.74 Å². The number of ether oxygens (including phenoxy) is 2. The van der Waals surface area contributed by atoms with Crippen molar-refractivity contribution in [1.29, 1.82) is 0 Å². The first-order valence-corrected chi connectivity index (χ1v) is 10.1. The third kappa shape index (κ3) is 4.52. The van der Waals surface area contributed by atoms with Crippen LogP contribution in [0.5, 0.6) is 5.75 Å². The van der Waals surface area contributed by atoms with Crippen LogP contribution in [-0.4, -0.2) is 66.9 Å². The molecular formula is C22H24N4O5. The average molecular weight is 424 g/mol. The Hall–Kier alpha value is -3.43. The van der Waals surface area contributed by atoms with E-state index in [1.807, 2.05) is 0 Å². The first kappa shape index (κ1) is 20.8. The van der Waals surface area contributed by atoms with Gasteiger partial charge in [0.25, 0.3) is 11.5 Å². The summed E-state index contributed by atoms with van der Waals surface area (Å²) >= 11 is 0. The molecule has 0 spiro atoms. The number of benzene rings is 2. The molecule has 4 rings (SSSR count). The van der Waals surface area contributed by atoms with Crippen LogP contribution in [0.4, 0.5) is 0 Å². The number of carbonyl (C=O) groups excluding carboxylic acids is 1. The lowest BCUT2D eigenvalue weighted by Gasteiger charge is -2.26. The number of morpholine rings is 1. The summed E-state index contributed by atoms with van der Waals surface area (Å²) < 4.78 is 11.5. The summed E-state index contributed by atoms with van der Waals surface area (Å²) in [7, 11) is 1.54. The van der Waals surface area contributed by atoms with Gasteiger partial charge in [-0.05, 0) is 42.5 Å². The van der Waals surface area contributed by atoms with Crippen LogP contribution < -0.4 is 21.3 Å². The topological polar surface area (TPSA) is 106 Å². The Morgan fingerprint density at radius 3 is 2.58 bits per heavy atom. The molecule has 0 radical (unpaired) electrons. The van der Waals surface area contributed by atoms with Gasteiger partial charge in [0, 0.05) is 31.7 Å². The van der Waals surface area contributed by atoms with Crippen molar-refractivity contribution in [2.75, 3.05) is 46.5 Å². The molecule has 162 valence electrons. The molecule has 1 aromatic heterocycles. The van der Waals surface area contributed by atoms with E-state index in [1.54, 1.807) is 43.5 Å². The van der Waals surface area contributed by atoms with Crippen molar-refractivity contribution in [2.24, 2.45) is 0 Å². The summed E-state index contributed by atoms with van der Waals surface area (Å²) in [6, 6.07) is 11.3. The highest BCUT2D eigenvalue weighted by atomic mass is 16.5. The Labute approximate surface area is 178 Å². The Balaban J connectivity index is 1.54. The molecule has 2 heterocycles. The zero-order valence-electron chi connectivity index (χ0n) is 17.2. The van der Waals surface area contributed by atoms with Gasteiger partial charge in [-0.1, -0.05) is 0 Å². The number of methoxy groups -OCH3 is 1. The summed E-state index contributed by atoms with van der Waals surface area (Å²) in [5, 5.41) is 3.20. The first-order chi connectivity index (χ1) is 15.1. The van der Waals surface area contributed by atoms with Crippen molar-refractivity contribution in [3.63, 3.8) is 0 Å². The standard InChI is InChI=1S/C22H24N4O5/c1-30-17-5-3-16(4-6-17)26-21(28)18-7-2-15(14-19(18)24-22(26)29)20(27)23-8-9-25-10-12-31-13-11-25/h2-7,14H,8-13H2,1H3,(H,23,27)(H,24,29). The minimum atomic E-state index is -0.576. The van der Waals surface area contributed by atoms with Gasteiger partial charge in [-0.2, -0.15) is 0 Å². The van der Waals surface area contributed by atoms with Gasteiger partial charge >= 0.3 is 5.69 Å². The lowest BCUT2D eigenvalue weighted by atomic mass is 10.1. The largest absolute Gasteiger partial charge is 0.497 e. The molecule has 2 aromatic carbocycles. The van der Waals surface area contributed by atoms with Crippen LogP contribution in [0.2, 0.25) is 0 Å². The number of hydrogen-bond acceptors (Lipinski definition) is 6. The van der Waals surface area contributed by atoms with Gasteiger partial charge in [0.2, 0.25) is 0 Å². The number of carbonyl (C=O) groups is 1. The smallest absolute Gasteiger partial charge is 0.333 e. The van der Waals surface area contributed by atoms with Gasteiger partial charge in [0.05, 0.1) is 36.9 Å². The molecule has 31 heavy (non-hydrogen) atoms. The monoisotopic (exact) mass is 424 g/mol. The molecule has 3 aromatic rings. The number of aromatic nitrogens is 2. The van der Waals surface area contributed by atoms with Crippen molar-refractivity contribution < 1.29 is 14.3 Å². The Morgan fingerprint density at radius 1 is 1.13 bits per heavy atom. The highest BCUT2D eigenvalue weighted by molar-refractivity contribution is 5.97. The maximum atomic E-state index is 12.9. The van der Waals surface area contributed by atoms with E-state index in [-0.39, 0.29) is 5.91 Å². The number of H-pyrrole nitrogens is 1. The number of fused-ring (bicyclic) bond motifs is 1. The molecule has 1 aliphatic rings. The maximum Gasteiger partial charge on any atom is 0.333 e. The summed E-state index contributed by atoms with van der Waals surface area (Å²) in [5.41, 5.74) is 0.0990. The van der Waals surface area contributed by atoms with Gasteiger partial charge in [-0.15, -0.1) is 0 Å². The molecule has 1 fully saturated rings. The van der Waals surface area contributed by atoms with Crippen molar-refractivity contribution in [1.82, 2.24) is 19.8 Å². The SMILES string of the molecule is COc1ccc(-n2c(=O)[nH]c3cc(C(=O)NCCN4CCOCC4)ccc3c2=O)cc1. The fraction of sp³-hybridized carbons (Fsp3) is 0.318. The quantitative estimate of drug-likeness (QED) is 0.605. The zero-order chi connectivity index (χ0) is 21.8. The van der Waals surface area contributed by atoms with Gasteiger partial charge in [-0.25, -0.2) is 9.36 Å². The number of hydrogen-bond donors (Lipinski definition) is 2. The van der Waals surface area contributed by atoms with Crippen LogP contribution in [0.15, 0.2) is 52.1 Å². The highest BCUT2D eigenvalue weighted by Crippen LogP contribution is 2.14. The van der Waals surface area contributed by atoms with Crippen LogP contribution >= 0.6 is 0 Å². The lowest BCUT2D eigenvalue weighted by molar-refractivity contribution is 0.0383. The zero-order valence-corrected chi connectivity index (χ0v) is 17.2. The third-order valence-corrected chi connectivity index (χ3v) is 5.31. The summed E-state index contributed by atoms with van der Waals surface area (Å²) in [5.74, 6) is 0.369. The fourth-order valence-electron chi connectivity index (χ4n) is 3.58. The molecule has 9 nitrogen and oxygen atoms in total. The van der Waals surface area contributed by atoms with Crippen molar-refractivity contribution in [3.05, 3.63) is 68.9 Å². The molecular weight excluding hydrogens is 400 g/mol. The molecule has 0 bridgehead atoms. The van der Waals surface area contributed by atoms with E-state index < -0.39 is 11.2 Å². The Bertz CT molecular complexity index is 1190. The molecule has 1 amide bonds. The van der Waals surface area contributed by atoms with Gasteiger partial charge in [0.1, 0.15) is 5.75 Å². The van der Waals surface area contributed by atoms with E-state index in [2.05, 4.69) is 15.2 Å². The number of nitrogens with one attached hydrogen (secondary N) is 2. The third-order valence-electron chi connectivity index (χ3n) is 5.31. The van der Waals surface area contributed by atoms with E-state index in [0.29, 0.717) is 47.7 Å². The fourth-order valence-corrected chi connectivity index (χ4v) is 3.58. The minimum absolute atomic E-state index is 0.254. The predicted molar refractivity (Wildman–Crippen MR) is 116 cm³/mol. The van der Waals surface area contributed by atoms with Crippen LogP contribution in [0.25, 0.3) is 16.6 Å². The van der Waals surface area contributed by atoms with Gasteiger partial charge < -0.3 is 19.8 Å². The normalized spacial score (nSPS) is 14.5. The molecule has 0 aliphatic carbocycles. The predicted octanol–water partition coefficient (Wildman–Crippen LogP) is 0.750. The van der Waals surface area contributed by atoms with E-state index in [9.17, 15) is 14.4 Å². The second-order valence-electron chi connectivity index (χ2n) is 7.24. The summed E-state index contributed by atoms with van der Waals surface area (Å²) in [6.45, 7) is 4.37. The second kappa shape index (κ2) is 9.15. The summed E-state index contributed by atoms with van der Waals surface area (Å²) in [4.78, 5) is 43.0. The van der Waals surface area contributed by atoms with Crippen LogP contribution in [0, 0.1) is 0 Å². The van der Waals surface area contributed by atoms with Gasteiger partial charge in [0.15, 0.2) is 0 Å². The Kier molecular flexibility index (Phi) is 6.15. The number of aromatic amines is 1. The van der Waals surface area contributed by atoms with Crippen LogP contribution in [0.3, 0.4) is 0 Å². The van der Waals surface area contributed by atoms with E-state index in [1.165, 1.54) is 6.07 Å². The lowest BCUT2D eigenvalue weighted by Crippen LogP contribution is -2.41. The van der Waals surface area contributed by atoms with Crippen molar-refractivity contribution in [2.45, 2.75) is 0 Å². The molecule has 0 atom stereocenters. The average Bonchev–Trinajstić information content (AvgIpc) is 2.80. The van der Waals surface area contributed by atoms with Crippen molar-refractivity contribution >= 4 is 16.8 Å². The maximum absolute atomic E-state index is 12.9. The number of amides is 1. The highest BCUT2D eigenvalue weighted by Gasteiger charge is 2.14. The second-order valence-corrected chi connectivity index (χ2v) is 7.24. The molecule has 1 aliphatic heterocycles. The van der Waals surface area contributed by atoms with E-state index in [4.69, 9.17) is 9.47 Å². The van der Waals surface area contributed by atoms with Crippen molar-refractivity contribution in [3.8, 4) is 11.4 Å². The first-order valence-electron chi connectivity index (χ1n) is 10.1. The molecule has 9 heteroatoms. The van der Waals surface area contributed by atoms with Gasteiger partial charge in [-0.3, -0.25) is 14.5 Å². The molecule has 0 saturated carbocycles. The summed E-state index contributed by atoms with van der Waals surface area (Å²) in [6.07, 6.45) is 0. The molecule has 2 N–H and O–H groups in total. The van der Waals surface area contributed by atoms with E-state index in [0.717, 1.165) is 24.2 Å². The molecule has 0 unspecified atom stereocenters. The van der Waals surface area contributed by atoms with E-state index >= 15 is 0 Å². The Morgan fingerprint density at radius 2 is 1.87 bits per heavy atom. The number of nitrogens with zero attached hydrogens (tertiary/aromatic N) is 2. The minimum Gasteiger partial charge on any atom is -0.497 e. The number of rotatable bonds is 6.